The van der Waals surface area contributed by atoms with Gasteiger partial charge >= 0.3 is 0 Å². The monoisotopic (exact) mass is 253 g/mol. The molecule has 1 aromatic carbocycles. The van der Waals surface area contributed by atoms with E-state index in [1.807, 2.05) is 0 Å². The fourth-order valence-electron chi connectivity index (χ4n) is 1.46. The molecule has 0 saturated heterocycles. The van der Waals surface area contributed by atoms with E-state index in [2.05, 4.69) is 5.32 Å². The summed E-state index contributed by atoms with van der Waals surface area (Å²) in [7, 11) is 0. The van der Waals surface area contributed by atoms with Crippen molar-refractivity contribution in [1.29, 1.82) is 0 Å². The minimum Gasteiger partial charge on any atom is -0.452 e. The van der Waals surface area contributed by atoms with Gasteiger partial charge in [-0.2, -0.15) is 0 Å². The zero-order chi connectivity index (χ0) is 12.4. The standard InChI is InChI=1S/C12H9ClFNO2/c1-7-4-8(14)6-9(5-7)15-12(16)10-2-3-17-11(10)13/h2-6H,1H3,(H,15,16). The van der Waals surface area contributed by atoms with Gasteiger partial charge in [-0.3, -0.25) is 4.79 Å². The molecule has 88 valence electrons. The Hall–Kier alpha value is -1.81. The minimum absolute atomic E-state index is 0.00984. The summed E-state index contributed by atoms with van der Waals surface area (Å²) in [6.45, 7) is 1.74. The molecule has 0 aliphatic rings. The number of carbonyl (C=O) groups excluding carboxylic acids is 1. The van der Waals surface area contributed by atoms with Crippen molar-refractivity contribution < 1.29 is 13.6 Å². The number of halogens is 2. The van der Waals surface area contributed by atoms with Gasteiger partial charge in [0.15, 0.2) is 0 Å². The highest BCUT2D eigenvalue weighted by molar-refractivity contribution is 6.32. The average molecular weight is 254 g/mol. The first-order chi connectivity index (χ1) is 8.06. The van der Waals surface area contributed by atoms with Gasteiger partial charge in [-0.05, 0) is 48.4 Å². The first-order valence-corrected chi connectivity index (χ1v) is 5.25. The van der Waals surface area contributed by atoms with Gasteiger partial charge in [0.25, 0.3) is 5.91 Å². The fraction of sp³-hybridized carbons (Fsp3) is 0.0833. The molecule has 2 rings (SSSR count). The van der Waals surface area contributed by atoms with Crippen LogP contribution in [-0.2, 0) is 0 Å². The summed E-state index contributed by atoms with van der Waals surface area (Å²) in [6.07, 6.45) is 1.31. The SMILES string of the molecule is Cc1cc(F)cc(NC(=O)c2ccoc2Cl)c1. The van der Waals surface area contributed by atoms with E-state index in [-0.39, 0.29) is 10.8 Å². The topological polar surface area (TPSA) is 42.2 Å². The van der Waals surface area contributed by atoms with E-state index >= 15 is 0 Å². The van der Waals surface area contributed by atoms with Crippen LogP contribution in [0.5, 0.6) is 0 Å². The van der Waals surface area contributed by atoms with Crippen LogP contribution in [0.4, 0.5) is 10.1 Å². The number of aryl methyl sites for hydroxylation is 1. The van der Waals surface area contributed by atoms with Crippen molar-refractivity contribution in [2.24, 2.45) is 0 Å². The number of carbonyl (C=O) groups is 1. The number of hydrogen-bond donors (Lipinski definition) is 1. The molecule has 0 radical (unpaired) electrons. The smallest absolute Gasteiger partial charge is 0.260 e. The van der Waals surface area contributed by atoms with Gasteiger partial charge in [0.2, 0.25) is 5.22 Å². The molecule has 0 aliphatic heterocycles. The molecular weight excluding hydrogens is 245 g/mol. The van der Waals surface area contributed by atoms with Crippen molar-refractivity contribution in [3.8, 4) is 0 Å². The zero-order valence-electron chi connectivity index (χ0n) is 8.96. The Morgan fingerprint density at radius 2 is 2.18 bits per heavy atom. The minimum atomic E-state index is -0.436. The highest BCUT2D eigenvalue weighted by Gasteiger charge is 2.13. The highest BCUT2D eigenvalue weighted by atomic mass is 35.5. The summed E-state index contributed by atoms with van der Waals surface area (Å²) in [5.41, 5.74) is 1.32. The summed E-state index contributed by atoms with van der Waals surface area (Å²) in [5, 5.41) is 2.55. The summed E-state index contributed by atoms with van der Waals surface area (Å²) < 4.78 is 17.9. The largest absolute Gasteiger partial charge is 0.452 e. The average Bonchev–Trinajstić information content (AvgIpc) is 2.62. The first kappa shape index (κ1) is 11.7. The van der Waals surface area contributed by atoms with E-state index in [0.29, 0.717) is 5.69 Å². The second-order valence-corrected chi connectivity index (χ2v) is 3.92. The molecule has 0 bridgehead atoms. The van der Waals surface area contributed by atoms with Crippen molar-refractivity contribution in [2.45, 2.75) is 6.92 Å². The van der Waals surface area contributed by atoms with Crippen LogP contribution in [0.1, 0.15) is 15.9 Å². The maximum absolute atomic E-state index is 13.1. The molecule has 1 N–H and O–H groups in total. The lowest BCUT2D eigenvalue weighted by atomic mass is 10.2. The van der Waals surface area contributed by atoms with Crippen molar-refractivity contribution in [1.82, 2.24) is 0 Å². The third-order valence-corrected chi connectivity index (χ3v) is 2.46. The Bertz CT molecular complexity index is 545. The number of hydrogen-bond acceptors (Lipinski definition) is 2. The molecule has 1 heterocycles. The molecule has 2 aromatic rings. The maximum atomic E-state index is 13.1. The van der Waals surface area contributed by atoms with E-state index in [9.17, 15) is 9.18 Å². The van der Waals surface area contributed by atoms with E-state index in [0.717, 1.165) is 5.56 Å². The predicted octanol–water partition coefficient (Wildman–Crippen LogP) is 3.63. The summed E-state index contributed by atoms with van der Waals surface area (Å²) in [5.74, 6) is -0.840. The number of anilines is 1. The molecule has 0 aliphatic carbocycles. The Kier molecular flexibility index (Phi) is 3.15. The van der Waals surface area contributed by atoms with Crippen molar-refractivity contribution >= 4 is 23.2 Å². The zero-order valence-corrected chi connectivity index (χ0v) is 9.72. The molecular formula is C12H9ClFNO2. The van der Waals surface area contributed by atoms with Gasteiger partial charge in [0.1, 0.15) is 5.82 Å². The Balaban J connectivity index is 2.21. The molecule has 0 atom stereocenters. The second kappa shape index (κ2) is 4.59. The van der Waals surface area contributed by atoms with Gasteiger partial charge in [0.05, 0.1) is 11.8 Å². The van der Waals surface area contributed by atoms with Crippen LogP contribution < -0.4 is 5.32 Å². The fourth-order valence-corrected chi connectivity index (χ4v) is 1.66. The van der Waals surface area contributed by atoms with E-state index in [1.54, 1.807) is 13.0 Å². The third kappa shape index (κ3) is 2.65. The van der Waals surface area contributed by atoms with Crippen molar-refractivity contribution in [3.63, 3.8) is 0 Å². The number of benzene rings is 1. The van der Waals surface area contributed by atoms with Crippen LogP contribution in [0.15, 0.2) is 34.9 Å². The molecule has 3 nitrogen and oxygen atoms in total. The number of furan rings is 1. The van der Waals surface area contributed by atoms with Gasteiger partial charge in [-0.15, -0.1) is 0 Å². The summed E-state index contributed by atoms with van der Waals surface area (Å²) in [6, 6.07) is 5.72. The molecule has 0 spiro atoms. The van der Waals surface area contributed by atoms with Crippen LogP contribution >= 0.6 is 11.6 Å². The summed E-state index contributed by atoms with van der Waals surface area (Å²) >= 11 is 5.66. The molecule has 5 heteroatoms. The molecule has 0 fully saturated rings. The Morgan fingerprint density at radius 3 is 2.76 bits per heavy atom. The number of amides is 1. The summed E-state index contributed by atoms with van der Waals surface area (Å²) in [4.78, 5) is 11.7. The molecule has 17 heavy (non-hydrogen) atoms. The lowest BCUT2D eigenvalue weighted by Crippen LogP contribution is -2.11. The molecule has 1 amide bonds. The van der Waals surface area contributed by atoms with Gasteiger partial charge in [0, 0.05) is 5.69 Å². The van der Waals surface area contributed by atoms with Crippen LogP contribution in [0.25, 0.3) is 0 Å². The van der Waals surface area contributed by atoms with Crippen LogP contribution in [0.3, 0.4) is 0 Å². The van der Waals surface area contributed by atoms with Crippen LogP contribution in [-0.4, -0.2) is 5.91 Å². The van der Waals surface area contributed by atoms with E-state index in [4.69, 9.17) is 16.0 Å². The maximum Gasteiger partial charge on any atom is 0.260 e. The molecule has 0 unspecified atom stereocenters. The molecule has 1 aromatic heterocycles. The van der Waals surface area contributed by atoms with Gasteiger partial charge in [-0.1, -0.05) is 0 Å². The Morgan fingerprint density at radius 1 is 1.41 bits per heavy atom. The van der Waals surface area contributed by atoms with Gasteiger partial charge < -0.3 is 9.73 Å². The van der Waals surface area contributed by atoms with Crippen molar-refractivity contribution in [2.75, 3.05) is 5.32 Å². The van der Waals surface area contributed by atoms with E-state index < -0.39 is 11.7 Å². The highest BCUT2D eigenvalue weighted by Crippen LogP contribution is 2.19. The number of rotatable bonds is 2. The second-order valence-electron chi connectivity index (χ2n) is 3.58. The normalized spacial score (nSPS) is 10.3. The van der Waals surface area contributed by atoms with E-state index in [1.165, 1.54) is 24.5 Å². The quantitative estimate of drug-likeness (QED) is 0.888. The Labute approximate surface area is 102 Å². The van der Waals surface area contributed by atoms with Crippen molar-refractivity contribution in [3.05, 3.63) is 52.7 Å². The third-order valence-electron chi connectivity index (χ3n) is 2.16. The van der Waals surface area contributed by atoms with Crippen LogP contribution in [0, 0.1) is 12.7 Å². The van der Waals surface area contributed by atoms with Gasteiger partial charge in [-0.25, -0.2) is 4.39 Å². The molecule has 0 saturated carbocycles. The lowest BCUT2D eigenvalue weighted by molar-refractivity contribution is 0.102. The first-order valence-electron chi connectivity index (χ1n) is 4.88. The number of nitrogens with one attached hydrogen (secondary N) is 1. The lowest BCUT2D eigenvalue weighted by Gasteiger charge is -2.05. The van der Waals surface area contributed by atoms with Crippen LogP contribution in [0.2, 0.25) is 5.22 Å². The predicted molar refractivity (Wildman–Crippen MR) is 62.8 cm³/mol.